The molecule has 152 valence electrons. The van der Waals surface area contributed by atoms with Crippen LogP contribution in [0.3, 0.4) is 0 Å². The lowest BCUT2D eigenvalue weighted by atomic mass is 10.1. The first kappa shape index (κ1) is 19.7. The number of halogens is 4. The highest BCUT2D eigenvalue weighted by atomic mass is 35.5. The summed E-state index contributed by atoms with van der Waals surface area (Å²) >= 11 is 5.89. The minimum Gasteiger partial charge on any atom is -0.369 e. The number of piperazine rings is 1. The molecular weight excluding hydrogens is 405 g/mol. The van der Waals surface area contributed by atoms with Gasteiger partial charge in [-0.1, -0.05) is 22.8 Å². The molecule has 0 unspecified atom stereocenters. The molecule has 29 heavy (non-hydrogen) atoms. The summed E-state index contributed by atoms with van der Waals surface area (Å²) in [6, 6.07) is 12.6. The second-order valence-electron chi connectivity index (χ2n) is 6.83. The molecule has 1 saturated heterocycles. The number of hydrogen-bond donors (Lipinski definition) is 0. The van der Waals surface area contributed by atoms with Crippen LogP contribution in [-0.2, 0) is 12.7 Å². The fraction of sp³-hybridized carbons (Fsp3) is 0.300. The van der Waals surface area contributed by atoms with Crippen LogP contribution in [0.15, 0.2) is 53.1 Å². The van der Waals surface area contributed by atoms with Crippen LogP contribution in [0.1, 0.15) is 11.5 Å². The molecule has 0 spiro atoms. The first-order chi connectivity index (χ1) is 13.9. The highest BCUT2D eigenvalue weighted by molar-refractivity contribution is 6.30. The predicted molar refractivity (Wildman–Crippen MR) is 104 cm³/mol. The van der Waals surface area contributed by atoms with Gasteiger partial charge in [-0.15, -0.1) is 0 Å². The molecular formula is C20H18ClF3N4O. The zero-order chi connectivity index (χ0) is 20.4. The number of anilines is 1. The van der Waals surface area contributed by atoms with E-state index in [0.717, 1.165) is 11.6 Å². The number of rotatable bonds is 4. The topological polar surface area (TPSA) is 45.4 Å². The van der Waals surface area contributed by atoms with Crippen LogP contribution in [0.4, 0.5) is 18.9 Å². The number of aromatic nitrogens is 2. The second kappa shape index (κ2) is 8.04. The van der Waals surface area contributed by atoms with E-state index in [4.69, 9.17) is 16.1 Å². The van der Waals surface area contributed by atoms with E-state index >= 15 is 0 Å². The fourth-order valence-corrected chi connectivity index (χ4v) is 3.40. The van der Waals surface area contributed by atoms with Crippen molar-refractivity contribution < 1.29 is 17.7 Å². The smallest absolute Gasteiger partial charge is 0.369 e. The Morgan fingerprint density at radius 3 is 2.41 bits per heavy atom. The van der Waals surface area contributed by atoms with Crippen molar-refractivity contribution >= 4 is 17.3 Å². The molecule has 1 fully saturated rings. The monoisotopic (exact) mass is 422 g/mol. The number of nitrogens with zero attached hydrogens (tertiary/aromatic N) is 4. The molecule has 5 nitrogen and oxygen atoms in total. The maximum absolute atomic E-state index is 12.9. The summed E-state index contributed by atoms with van der Waals surface area (Å²) in [6.07, 6.45) is -4.34. The molecule has 0 bridgehead atoms. The van der Waals surface area contributed by atoms with Crippen LogP contribution in [0.5, 0.6) is 0 Å². The molecule has 0 aliphatic carbocycles. The molecule has 1 aliphatic heterocycles. The summed E-state index contributed by atoms with van der Waals surface area (Å²) < 4.78 is 44.1. The Kier molecular flexibility index (Phi) is 5.47. The van der Waals surface area contributed by atoms with E-state index in [1.54, 1.807) is 18.2 Å². The minimum atomic E-state index is -4.34. The second-order valence-corrected chi connectivity index (χ2v) is 7.27. The SMILES string of the molecule is FC(F)(F)c1cccc(N2CCN(Cc3nc(-c4ccc(Cl)cc4)no3)CC2)c1. The molecule has 4 rings (SSSR count). The van der Waals surface area contributed by atoms with Gasteiger partial charge in [0.2, 0.25) is 11.7 Å². The standard InChI is InChI=1S/C20H18ClF3N4O/c21-16-6-4-14(5-7-16)19-25-18(29-26-19)13-27-8-10-28(11-9-27)17-3-1-2-15(12-17)20(22,23)24/h1-7,12H,8-11,13H2. The van der Waals surface area contributed by atoms with Crippen molar-refractivity contribution in [2.24, 2.45) is 0 Å². The Labute approximate surface area is 170 Å². The normalized spacial score (nSPS) is 15.7. The van der Waals surface area contributed by atoms with Crippen molar-refractivity contribution in [1.29, 1.82) is 0 Å². The van der Waals surface area contributed by atoms with Gasteiger partial charge in [0, 0.05) is 42.5 Å². The third-order valence-corrected chi connectivity index (χ3v) is 5.09. The highest BCUT2D eigenvalue weighted by Crippen LogP contribution is 2.32. The molecule has 0 saturated carbocycles. The maximum Gasteiger partial charge on any atom is 0.416 e. The number of hydrogen-bond acceptors (Lipinski definition) is 5. The zero-order valence-electron chi connectivity index (χ0n) is 15.4. The van der Waals surface area contributed by atoms with Crippen LogP contribution < -0.4 is 4.90 Å². The van der Waals surface area contributed by atoms with Gasteiger partial charge in [0.05, 0.1) is 12.1 Å². The lowest BCUT2D eigenvalue weighted by molar-refractivity contribution is -0.137. The number of benzene rings is 2. The molecule has 9 heteroatoms. The molecule has 0 amide bonds. The predicted octanol–water partition coefficient (Wildman–Crippen LogP) is 4.73. The molecule has 1 aromatic heterocycles. The van der Waals surface area contributed by atoms with Crippen molar-refractivity contribution in [2.75, 3.05) is 31.1 Å². The molecule has 1 aliphatic rings. The van der Waals surface area contributed by atoms with E-state index in [1.807, 2.05) is 17.0 Å². The lowest BCUT2D eigenvalue weighted by Crippen LogP contribution is -2.46. The van der Waals surface area contributed by atoms with Crippen LogP contribution in [0.2, 0.25) is 5.02 Å². The van der Waals surface area contributed by atoms with Gasteiger partial charge in [-0.05, 0) is 42.5 Å². The molecule has 3 aromatic rings. The molecule has 0 atom stereocenters. The van der Waals surface area contributed by atoms with Gasteiger partial charge < -0.3 is 9.42 Å². The first-order valence-electron chi connectivity index (χ1n) is 9.11. The van der Waals surface area contributed by atoms with Gasteiger partial charge in [-0.25, -0.2) is 0 Å². The van der Waals surface area contributed by atoms with Gasteiger partial charge in [0.1, 0.15) is 0 Å². The summed E-state index contributed by atoms with van der Waals surface area (Å²) in [4.78, 5) is 8.52. The third kappa shape index (κ3) is 4.71. The molecule has 2 heterocycles. The molecule has 0 radical (unpaired) electrons. The average molecular weight is 423 g/mol. The summed E-state index contributed by atoms with van der Waals surface area (Å²) in [5, 5.41) is 4.64. The van der Waals surface area contributed by atoms with E-state index in [2.05, 4.69) is 15.0 Å². The minimum absolute atomic E-state index is 0.497. The lowest BCUT2D eigenvalue weighted by Gasteiger charge is -2.35. The van der Waals surface area contributed by atoms with Crippen molar-refractivity contribution in [3.8, 4) is 11.4 Å². The largest absolute Gasteiger partial charge is 0.416 e. The fourth-order valence-electron chi connectivity index (χ4n) is 3.27. The molecule has 2 aromatic carbocycles. The summed E-state index contributed by atoms with van der Waals surface area (Å²) in [6.45, 7) is 3.12. The first-order valence-corrected chi connectivity index (χ1v) is 9.49. The Bertz CT molecular complexity index is 966. The summed E-state index contributed by atoms with van der Waals surface area (Å²) in [5.41, 5.74) is 0.777. The van der Waals surface area contributed by atoms with Gasteiger partial charge in [-0.3, -0.25) is 4.90 Å². The van der Waals surface area contributed by atoms with Gasteiger partial charge in [0.15, 0.2) is 0 Å². The van der Waals surface area contributed by atoms with E-state index < -0.39 is 11.7 Å². The van der Waals surface area contributed by atoms with Crippen molar-refractivity contribution in [1.82, 2.24) is 15.0 Å². The van der Waals surface area contributed by atoms with Gasteiger partial charge in [-0.2, -0.15) is 18.2 Å². The quantitative estimate of drug-likeness (QED) is 0.608. The van der Waals surface area contributed by atoms with Crippen LogP contribution in [0, 0.1) is 0 Å². The number of alkyl halides is 3. The average Bonchev–Trinajstić information content (AvgIpc) is 3.17. The van der Waals surface area contributed by atoms with Crippen molar-refractivity contribution in [3.63, 3.8) is 0 Å². The van der Waals surface area contributed by atoms with Gasteiger partial charge >= 0.3 is 6.18 Å². The van der Waals surface area contributed by atoms with E-state index in [-0.39, 0.29) is 0 Å². The van der Waals surface area contributed by atoms with E-state index in [9.17, 15) is 13.2 Å². The van der Waals surface area contributed by atoms with Crippen molar-refractivity contribution in [3.05, 3.63) is 65.0 Å². The maximum atomic E-state index is 12.9. The Morgan fingerprint density at radius 1 is 1.00 bits per heavy atom. The Hall–Kier alpha value is -2.58. The van der Waals surface area contributed by atoms with E-state index in [0.29, 0.717) is 55.1 Å². The Morgan fingerprint density at radius 2 is 1.72 bits per heavy atom. The molecule has 0 N–H and O–H groups in total. The highest BCUT2D eigenvalue weighted by Gasteiger charge is 2.31. The third-order valence-electron chi connectivity index (χ3n) is 4.84. The van der Waals surface area contributed by atoms with Crippen LogP contribution >= 0.6 is 11.6 Å². The van der Waals surface area contributed by atoms with Crippen LogP contribution in [-0.4, -0.2) is 41.2 Å². The summed E-state index contributed by atoms with van der Waals surface area (Å²) in [5.74, 6) is 1.00. The zero-order valence-corrected chi connectivity index (χ0v) is 16.1. The van der Waals surface area contributed by atoms with E-state index in [1.165, 1.54) is 12.1 Å². The van der Waals surface area contributed by atoms with Crippen molar-refractivity contribution in [2.45, 2.75) is 12.7 Å². The van der Waals surface area contributed by atoms with Gasteiger partial charge in [0.25, 0.3) is 0 Å². The Balaban J connectivity index is 1.35. The summed E-state index contributed by atoms with van der Waals surface area (Å²) in [7, 11) is 0. The van der Waals surface area contributed by atoms with Crippen LogP contribution in [0.25, 0.3) is 11.4 Å².